The molecule has 1 heterocycles. The molecule has 1 aromatic heterocycles. The monoisotopic (exact) mass is 341 g/mol. The Balaban J connectivity index is 2.20. The van der Waals surface area contributed by atoms with Crippen LogP contribution in [0.5, 0.6) is 11.5 Å². The zero-order chi connectivity index (χ0) is 13.8. The van der Waals surface area contributed by atoms with Crippen LogP contribution in [0.4, 0.5) is 0 Å². The average molecular weight is 342 g/mol. The van der Waals surface area contributed by atoms with Gasteiger partial charge in [-0.3, -0.25) is 0 Å². The molecular weight excluding hydrogens is 326 g/mol. The summed E-state index contributed by atoms with van der Waals surface area (Å²) >= 11 is 5.15. The van der Waals surface area contributed by atoms with Crippen LogP contribution in [-0.2, 0) is 6.42 Å². The standard InChI is InChI=1S/C14H16BrNO2S/c1-17-10-3-4-12(14(6-10)18-2)13(16)7-11-5-9(15)8-19-11/h3-6,8,13H,7,16H2,1-2H3. The fraction of sp³-hybridized carbons (Fsp3) is 0.286. The summed E-state index contributed by atoms with van der Waals surface area (Å²) in [7, 11) is 3.28. The molecule has 2 N–H and O–H groups in total. The molecule has 0 spiro atoms. The van der Waals surface area contributed by atoms with Gasteiger partial charge in [0.15, 0.2) is 0 Å². The second-order valence-corrected chi connectivity index (χ2v) is 6.06. The fourth-order valence-electron chi connectivity index (χ4n) is 1.91. The van der Waals surface area contributed by atoms with E-state index in [0.717, 1.165) is 28.0 Å². The number of halogens is 1. The molecule has 0 saturated carbocycles. The van der Waals surface area contributed by atoms with Gasteiger partial charge in [0.25, 0.3) is 0 Å². The first kappa shape index (κ1) is 14.4. The van der Waals surface area contributed by atoms with E-state index in [4.69, 9.17) is 15.2 Å². The predicted molar refractivity (Wildman–Crippen MR) is 82.2 cm³/mol. The molecule has 0 bridgehead atoms. The summed E-state index contributed by atoms with van der Waals surface area (Å²) in [4.78, 5) is 1.25. The molecule has 1 unspecified atom stereocenters. The van der Waals surface area contributed by atoms with E-state index in [0.29, 0.717) is 0 Å². The number of methoxy groups -OCH3 is 2. The van der Waals surface area contributed by atoms with Crippen LogP contribution in [0.25, 0.3) is 0 Å². The van der Waals surface area contributed by atoms with Gasteiger partial charge in [-0.05, 0) is 28.1 Å². The molecule has 0 aliphatic rings. The number of nitrogens with two attached hydrogens (primary N) is 1. The van der Waals surface area contributed by atoms with Gasteiger partial charge in [0, 0.05) is 38.8 Å². The molecule has 0 aliphatic carbocycles. The lowest BCUT2D eigenvalue weighted by Gasteiger charge is -2.16. The number of hydrogen-bond donors (Lipinski definition) is 1. The van der Waals surface area contributed by atoms with Crippen molar-refractivity contribution in [1.82, 2.24) is 0 Å². The summed E-state index contributed by atoms with van der Waals surface area (Å²) in [5.41, 5.74) is 7.27. The Hall–Kier alpha value is -1.04. The summed E-state index contributed by atoms with van der Waals surface area (Å²) in [6.45, 7) is 0. The maximum atomic E-state index is 6.27. The van der Waals surface area contributed by atoms with Crippen LogP contribution in [0.3, 0.4) is 0 Å². The lowest BCUT2D eigenvalue weighted by Crippen LogP contribution is -2.14. The van der Waals surface area contributed by atoms with Crippen molar-refractivity contribution in [2.24, 2.45) is 5.73 Å². The molecule has 0 amide bonds. The van der Waals surface area contributed by atoms with E-state index >= 15 is 0 Å². The zero-order valence-electron chi connectivity index (χ0n) is 10.9. The first-order chi connectivity index (χ1) is 9.13. The quantitative estimate of drug-likeness (QED) is 0.900. The van der Waals surface area contributed by atoms with Gasteiger partial charge in [0.2, 0.25) is 0 Å². The van der Waals surface area contributed by atoms with Crippen molar-refractivity contribution in [1.29, 1.82) is 0 Å². The number of thiophene rings is 1. The molecule has 2 rings (SSSR count). The normalized spacial score (nSPS) is 12.2. The predicted octanol–water partition coefficient (Wildman–Crippen LogP) is 3.77. The maximum absolute atomic E-state index is 6.27. The Kier molecular flexibility index (Phi) is 4.85. The van der Waals surface area contributed by atoms with E-state index in [2.05, 4.69) is 27.4 Å². The molecule has 1 aromatic carbocycles. The van der Waals surface area contributed by atoms with Crippen molar-refractivity contribution < 1.29 is 9.47 Å². The van der Waals surface area contributed by atoms with Crippen LogP contribution in [0.2, 0.25) is 0 Å². The van der Waals surface area contributed by atoms with E-state index in [1.54, 1.807) is 25.6 Å². The smallest absolute Gasteiger partial charge is 0.127 e. The van der Waals surface area contributed by atoms with Crippen LogP contribution >= 0.6 is 27.3 Å². The summed E-state index contributed by atoms with van der Waals surface area (Å²) in [5, 5.41) is 2.06. The van der Waals surface area contributed by atoms with Gasteiger partial charge in [-0.15, -0.1) is 11.3 Å². The third-order valence-electron chi connectivity index (χ3n) is 2.88. The minimum absolute atomic E-state index is 0.0913. The highest BCUT2D eigenvalue weighted by molar-refractivity contribution is 9.10. The average Bonchev–Trinajstić information content (AvgIpc) is 2.83. The first-order valence-electron chi connectivity index (χ1n) is 5.84. The zero-order valence-corrected chi connectivity index (χ0v) is 13.3. The first-order valence-corrected chi connectivity index (χ1v) is 7.51. The molecule has 19 heavy (non-hydrogen) atoms. The molecular formula is C14H16BrNO2S. The van der Waals surface area contributed by atoms with Crippen LogP contribution in [0, 0.1) is 0 Å². The topological polar surface area (TPSA) is 44.5 Å². The van der Waals surface area contributed by atoms with Gasteiger partial charge in [-0.1, -0.05) is 6.07 Å². The van der Waals surface area contributed by atoms with Crippen LogP contribution < -0.4 is 15.2 Å². The van der Waals surface area contributed by atoms with E-state index < -0.39 is 0 Å². The van der Waals surface area contributed by atoms with Crippen molar-refractivity contribution in [3.05, 3.63) is 44.6 Å². The molecule has 5 heteroatoms. The van der Waals surface area contributed by atoms with Gasteiger partial charge in [-0.2, -0.15) is 0 Å². The second kappa shape index (κ2) is 6.41. The molecule has 1 atom stereocenters. The van der Waals surface area contributed by atoms with Crippen LogP contribution in [0.15, 0.2) is 34.1 Å². The van der Waals surface area contributed by atoms with Gasteiger partial charge in [0.05, 0.1) is 14.2 Å². The minimum atomic E-state index is -0.0913. The lowest BCUT2D eigenvalue weighted by molar-refractivity contribution is 0.388. The van der Waals surface area contributed by atoms with Gasteiger partial charge in [-0.25, -0.2) is 0 Å². The SMILES string of the molecule is COc1ccc(C(N)Cc2cc(Br)cs2)c(OC)c1. The van der Waals surface area contributed by atoms with Gasteiger partial charge in [0.1, 0.15) is 11.5 Å². The Labute approximate surface area is 125 Å². The highest BCUT2D eigenvalue weighted by Gasteiger charge is 2.14. The van der Waals surface area contributed by atoms with Crippen LogP contribution in [0.1, 0.15) is 16.5 Å². The summed E-state index contributed by atoms with van der Waals surface area (Å²) in [6, 6.07) is 7.74. The minimum Gasteiger partial charge on any atom is -0.497 e. The summed E-state index contributed by atoms with van der Waals surface area (Å²) < 4.78 is 11.7. The molecule has 0 aliphatic heterocycles. The highest BCUT2D eigenvalue weighted by Crippen LogP contribution is 2.31. The summed E-state index contributed by atoms with van der Waals surface area (Å²) in [5.74, 6) is 1.54. The Morgan fingerprint density at radius 3 is 2.63 bits per heavy atom. The number of hydrogen-bond acceptors (Lipinski definition) is 4. The number of rotatable bonds is 5. The van der Waals surface area contributed by atoms with E-state index in [9.17, 15) is 0 Å². The fourth-order valence-corrected chi connectivity index (χ4v) is 3.42. The van der Waals surface area contributed by atoms with Gasteiger partial charge < -0.3 is 15.2 Å². The molecule has 2 aromatic rings. The van der Waals surface area contributed by atoms with E-state index in [-0.39, 0.29) is 6.04 Å². The Morgan fingerprint density at radius 1 is 1.26 bits per heavy atom. The molecule has 102 valence electrons. The highest BCUT2D eigenvalue weighted by atomic mass is 79.9. The van der Waals surface area contributed by atoms with Gasteiger partial charge >= 0.3 is 0 Å². The molecule has 0 saturated heterocycles. The number of benzene rings is 1. The Bertz CT molecular complexity index is 556. The molecule has 0 fully saturated rings. The van der Waals surface area contributed by atoms with Crippen molar-refractivity contribution >= 4 is 27.3 Å². The lowest BCUT2D eigenvalue weighted by atomic mass is 10.0. The Morgan fingerprint density at radius 2 is 2.05 bits per heavy atom. The summed E-state index contributed by atoms with van der Waals surface area (Å²) in [6.07, 6.45) is 0.791. The third-order valence-corrected chi connectivity index (χ3v) is 4.60. The van der Waals surface area contributed by atoms with Crippen molar-refractivity contribution in [3.63, 3.8) is 0 Å². The second-order valence-electron chi connectivity index (χ2n) is 4.15. The molecule has 3 nitrogen and oxygen atoms in total. The van der Waals surface area contributed by atoms with Crippen molar-refractivity contribution in [2.45, 2.75) is 12.5 Å². The van der Waals surface area contributed by atoms with E-state index in [1.165, 1.54) is 4.88 Å². The maximum Gasteiger partial charge on any atom is 0.127 e. The largest absolute Gasteiger partial charge is 0.497 e. The van der Waals surface area contributed by atoms with E-state index in [1.807, 2.05) is 18.2 Å². The van der Waals surface area contributed by atoms with Crippen molar-refractivity contribution in [2.75, 3.05) is 14.2 Å². The number of ether oxygens (including phenoxy) is 2. The molecule has 0 radical (unpaired) electrons. The third kappa shape index (κ3) is 3.49. The van der Waals surface area contributed by atoms with Crippen molar-refractivity contribution in [3.8, 4) is 11.5 Å². The van der Waals surface area contributed by atoms with Crippen LogP contribution in [-0.4, -0.2) is 14.2 Å².